The van der Waals surface area contributed by atoms with Crippen LogP contribution in [0.3, 0.4) is 0 Å². The van der Waals surface area contributed by atoms with Crippen LogP contribution in [-0.4, -0.2) is 24.5 Å². The van der Waals surface area contributed by atoms with Crippen molar-refractivity contribution >= 4 is 34.8 Å². The fourth-order valence-corrected chi connectivity index (χ4v) is 23.4. The SMILES string of the molecule is CC[Si-](c1ccccc1)[Si](CC)(O[Si](C)(C)C)c1ccccc1.[Li+]. The second-order valence-electron chi connectivity index (χ2n) is 6.96. The Morgan fingerprint density at radius 1 is 0.833 bits per heavy atom. The molecule has 2 aromatic carbocycles. The molecule has 0 saturated carbocycles. The summed E-state index contributed by atoms with van der Waals surface area (Å²) in [5.41, 5.74) is 0. The smallest absolute Gasteiger partial charge is 0.478 e. The van der Waals surface area contributed by atoms with Crippen molar-refractivity contribution in [1.82, 2.24) is 0 Å². The summed E-state index contributed by atoms with van der Waals surface area (Å²) < 4.78 is 7.09. The van der Waals surface area contributed by atoms with Crippen molar-refractivity contribution in [3.8, 4) is 0 Å². The normalized spacial score (nSPS) is 13.7. The summed E-state index contributed by atoms with van der Waals surface area (Å²) in [6.45, 7) is 11.7. The maximum absolute atomic E-state index is 7.09. The largest absolute Gasteiger partial charge is 1.00 e. The Balaban J connectivity index is 0.00000288. The quantitative estimate of drug-likeness (QED) is 0.671. The van der Waals surface area contributed by atoms with E-state index in [1.165, 1.54) is 16.4 Å². The first-order valence-electron chi connectivity index (χ1n) is 8.60. The molecule has 5 heteroatoms. The van der Waals surface area contributed by atoms with E-state index in [2.05, 4.69) is 94.2 Å². The van der Waals surface area contributed by atoms with Gasteiger partial charge in [-0.25, -0.2) is 8.31 Å². The van der Waals surface area contributed by atoms with Crippen LogP contribution in [0, 0.1) is 0 Å². The summed E-state index contributed by atoms with van der Waals surface area (Å²) in [5, 5.41) is 3.03. The van der Waals surface area contributed by atoms with Crippen molar-refractivity contribution in [2.45, 2.75) is 45.6 Å². The van der Waals surface area contributed by atoms with Gasteiger partial charge in [0.15, 0.2) is 8.32 Å². The predicted octanol–water partition coefficient (Wildman–Crippen LogP) is 1.21. The zero-order valence-electron chi connectivity index (χ0n) is 16.1. The Bertz CT molecular complexity index is 601. The molecule has 0 spiro atoms. The maximum Gasteiger partial charge on any atom is 1.00 e. The summed E-state index contributed by atoms with van der Waals surface area (Å²) >= 11 is 0. The van der Waals surface area contributed by atoms with Gasteiger partial charge in [-0.1, -0.05) is 85.7 Å². The molecule has 2 aromatic rings. The van der Waals surface area contributed by atoms with Crippen LogP contribution in [0.4, 0.5) is 0 Å². The third-order valence-electron chi connectivity index (χ3n) is 4.18. The van der Waals surface area contributed by atoms with Gasteiger partial charge in [-0.15, -0.1) is 0 Å². The van der Waals surface area contributed by atoms with Crippen LogP contribution in [0.2, 0.25) is 31.7 Å². The summed E-state index contributed by atoms with van der Waals surface area (Å²) in [6, 6.07) is 24.7. The van der Waals surface area contributed by atoms with Crippen LogP contribution >= 0.6 is 0 Å². The van der Waals surface area contributed by atoms with E-state index in [4.69, 9.17) is 4.12 Å². The summed E-state index contributed by atoms with van der Waals surface area (Å²) in [7, 11) is -4.35. The first-order valence-corrected chi connectivity index (χ1v) is 16.8. The molecule has 0 N–H and O–H groups in total. The van der Waals surface area contributed by atoms with Crippen molar-refractivity contribution in [1.29, 1.82) is 0 Å². The molecule has 1 unspecified atom stereocenters. The van der Waals surface area contributed by atoms with E-state index in [0.29, 0.717) is 0 Å². The van der Waals surface area contributed by atoms with E-state index in [-0.39, 0.29) is 18.9 Å². The zero-order chi connectivity index (χ0) is 16.9. The molecule has 0 saturated heterocycles. The number of rotatable bonds is 7. The molecular weight excluding hydrogens is 335 g/mol. The molecule has 124 valence electrons. The third-order valence-corrected chi connectivity index (χ3v) is 20.7. The van der Waals surface area contributed by atoms with Crippen molar-refractivity contribution in [2.24, 2.45) is 0 Å². The number of hydrogen-bond donors (Lipinski definition) is 0. The van der Waals surface area contributed by atoms with Gasteiger partial charge in [0.1, 0.15) is 0 Å². The molecule has 0 bridgehead atoms. The van der Waals surface area contributed by atoms with Gasteiger partial charge in [0.25, 0.3) is 0 Å². The molecule has 0 amide bonds. The van der Waals surface area contributed by atoms with Gasteiger partial charge in [-0.05, 0) is 19.6 Å². The Hall–Kier alpha value is -0.352. The summed E-state index contributed by atoms with van der Waals surface area (Å²) in [6.07, 6.45) is 0. The van der Waals surface area contributed by atoms with Crippen LogP contribution in [0.1, 0.15) is 13.8 Å². The molecule has 0 radical (unpaired) electrons. The van der Waals surface area contributed by atoms with Crippen molar-refractivity contribution in [2.75, 3.05) is 0 Å². The fraction of sp³-hybridized carbons (Fsp3) is 0.368. The monoisotopic (exact) mass is 364 g/mol. The van der Waals surface area contributed by atoms with Gasteiger partial charge in [0.05, 0.1) is 7.83 Å². The van der Waals surface area contributed by atoms with Gasteiger partial charge in [-0.2, -0.15) is 11.2 Å². The molecule has 0 fully saturated rings. The van der Waals surface area contributed by atoms with Gasteiger partial charge in [-0.3, -0.25) is 0 Å². The minimum atomic E-state index is -1.99. The standard InChI is InChI=1S/C19H29OSi3.Li/c1-6-21(18-14-10-8-11-15-18)23(7-2,20-22(3,4)5)19-16-12-9-13-17-19;/h8-17H,6-7H2,1-5H3;/q-1;+1. The van der Waals surface area contributed by atoms with Crippen LogP contribution in [0.5, 0.6) is 0 Å². The first-order chi connectivity index (χ1) is 10.9. The molecule has 0 aliphatic carbocycles. The Kier molecular flexibility index (Phi) is 8.47. The van der Waals surface area contributed by atoms with E-state index in [0.717, 1.165) is 6.04 Å². The third kappa shape index (κ3) is 5.07. The molecule has 24 heavy (non-hydrogen) atoms. The van der Waals surface area contributed by atoms with Gasteiger partial charge >= 0.3 is 18.9 Å². The van der Waals surface area contributed by atoms with Crippen molar-refractivity contribution < 1.29 is 23.0 Å². The van der Waals surface area contributed by atoms with Crippen LogP contribution in [0.25, 0.3) is 0 Å². The molecule has 0 heterocycles. The van der Waals surface area contributed by atoms with Crippen LogP contribution < -0.4 is 29.2 Å². The second-order valence-corrected chi connectivity index (χ2v) is 21.4. The second kappa shape index (κ2) is 9.37. The fourth-order valence-electron chi connectivity index (χ4n) is 3.38. The average molecular weight is 365 g/mol. The average Bonchev–Trinajstić information content (AvgIpc) is 2.55. The van der Waals surface area contributed by atoms with Crippen LogP contribution in [0.15, 0.2) is 60.7 Å². The van der Waals surface area contributed by atoms with E-state index in [9.17, 15) is 0 Å². The van der Waals surface area contributed by atoms with Gasteiger partial charge < -0.3 is 4.12 Å². The minimum absolute atomic E-state index is 0. The molecule has 1 nitrogen and oxygen atoms in total. The number of hydrogen-bond acceptors (Lipinski definition) is 1. The molecule has 0 aromatic heterocycles. The molecule has 0 aliphatic heterocycles. The summed E-state index contributed by atoms with van der Waals surface area (Å²) in [4.78, 5) is 0. The van der Waals surface area contributed by atoms with E-state index >= 15 is 0 Å². The minimum Gasteiger partial charge on any atom is -0.478 e. The maximum atomic E-state index is 7.09. The van der Waals surface area contributed by atoms with Crippen molar-refractivity contribution in [3.05, 3.63) is 60.7 Å². The van der Waals surface area contributed by atoms with E-state index in [1.54, 1.807) is 0 Å². The molecule has 1 atom stereocenters. The summed E-state index contributed by atoms with van der Waals surface area (Å²) in [5.74, 6) is 0. The molecular formula is C19H29LiOSi3. The van der Waals surface area contributed by atoms with E-state index < -0.39 is 24.5 Å². The molecule has 2 rings (SSSR count). The van der Waals surface area contributed by atoms with Crippen LogP contribution in [-0.2, 0) is 4.12 Å². The topological polar surface area (TPSA) is 9.23 Å². The Morgan fingerprint density at radius 2 is 1.33 bits per heavy atom. The molecule has 0 aliphatic rings. The van der Waals surface area contributed by atoms with Crippen molar-refractivity contribution in [3.63, 3.8) is 0 Å². The first kappa shape index (κ1) is 21.7. The zero-order valence-corrected chi connectivity index (χ0v) is 19.1. The number of benzene rings is 2. The Morgan fingerprint density at radius 3 is 1.75 bits per heavy atom. The van der Waals surface area contributed by atoms with Gasteiger partial charge in [0, 0.05) is 0 Å². The predicted molar refractivity (Wildman–Crippen MR) is 109 cm³/mol. The Labute approximate surface area is 163 Å². The van der Waals surface area contributed by atoms with E-state index in [1.807, 2.05) is 0 Å². The van der Waals surface area contributed by atoms with Gasteiger partial charge in [0.2, 0.25) is 0 Å².